The van der Waals surface area contributed by atoms with Gasteiger partial charge in [-0.25, -0.2) is 0 Å². The van der Waals surface area contributed by atoms with Crippen LogP contribution in [0.2, 0.25) is 0 Å². The van der Waals surface area contributed by atoms with Gasteiger partial charge >= 0.3 is 0 Å². The second-order valence-corrected chi connectivity index (χ2v) is 10.2. The van der Waals surface area contributed by atoms with Crippen molar-refractivity contribution in [1.82, 2.24) is 4.90 Å². The van der Waals surface area contributed by atoms with Crippen molar-refractivity contribution in [1.29, 1.82) is 0 Å². The number of fused-ring (bicyclic) bond motifs is 3. The summed E-state index contributed by atoms with van der Waals surface area (Å²) < 4.78 is 10.8. The third-order valence-electron chi connectivity index (χ3n) is 7.86. The molecule has 11 heteroatoms. The van der Waals surface area contributed by atoms with E-state index in [1.165, 1.54) is 24.3 Å². The van der Waals surface area contributed by atoms with Crippen molar-refractivity contribution in [2.24, 2.45) is 17.6 Å². The number of methoxy groups -OCH3 is 1. The number of likely N-dealkylation sites (N-methyl/N-ethyl adjacent to an activating group) is 1. The Morgan fingerprint density at radius 3 is 2.54 bits per heavy atom. The van der Waals surface area contributed by atoms with Gasteiger partial charge in [0, 0.05) is 23.1 Å². The molecule has 2 aromatic rings. The van der Waals surface area contributed by atoms with E-state index in [2.05, 4.69) is 0 Å². The fourth-order valence-corrected chi connectivity index (χ4v) is 6.20. The first kappa shape index (κ1) is 26.3. The first-order valence-corrected chi connectivity index (χ1v) is 12.2. The van der Waals surface area contributed by atoms with Crippen LogP contribution in [0.3, 0.4) is 0 Å². The number of carbonyl (C=O) groups is 3. The molecule has 3 aliphatic carbocycles. The van der Waals surface area contributed by atoms with Gasteiger partial charge in [-0.1, -0.05) is 0 Å². The molecule has 1 heterocycles. The van der Waals surface area contributed by atoms with Crippen LogP contribution >= 0.6 is 0 Å². The van der Waals surface area contributed by atoms with Crippen molar-refractivity contribution in [3.8, 4) is 17.1 Å². The Morgan fingerprint density at radius 2 is 1.90 bits per heavy atom. The summed E-state index contributed by atoms with van der Waals surface area (Å²) in [7, 11) is 4.60. The minimum absolute atomic E-state index is 0.000833. The van der Waals surface area contributed by atoms with E-state index in [0.29, 0.717) is 22.6 Å². The fraction of sp³-hybridized carbons (Fsp3) is 0.321. The monoisotopic (exact) mass is 536 g/mol. The number of aliphatic hydroxyl groups excluding tert-OH is 2. The van der Waals surface area contributed by atoms with Gasteiger partial charge in [0.25, 0.3) is 5.91 Å². The molecule has 0 saturated heterocycles. The summed E-state index contributed by atoms with van der Waals surface area (Å²) in [5.74, 6) is -5.99. The van der Waals surface area contributed by atoms with Gasteiger partial charge in [0.2, 0.25) is 5.78 Å². The van der Waals surface area contributed by atoms with E-state index in [1.807, 2.05) is 0 Å². The van der Waals surface area contributed by atoms with E-state index in [9.17, 15) is 34.8 Å². The largest absolute Gasteiger partial charge is 0.508 e. The molecule has 11 nitrogen and oxygen atoms in total. The van der Waals surface area contributed by atoms with Gasteiger partial charge in [0.15, 0.2) is 11.4 Å². The number of aliphatic hydroxyl groups is 3. The predicted molar refractivity (Wildman–Crippen MR) is 138 cm³/mol. The van der Waals surface area contributed by atoms with Crippen molar-refractivity contribution in [2.45, 2.75) is 24.5 Å². The molecule has 1 unspecified atom stereocenters. The number of benzene rings is 1. The maximum absolute atomic E-state index is 13.9. The van der Waals surface area contributed by atoms with Crippen molar-refractivity contribution >= 4 is 29.3 Å². The highest BCUT2D eigenvalue weighted by molar-refractivity contribution is 6.24. The molecule has 0 spiro atoms. The van der Waals surface area contributed by atoms with Gasteiger partial charge < -0.3 is 35.3 Å². The SMILES string of the molecule is CO/C=C/c1ccc(-c2ccc(O)c3c2C[C@@H]2C[C@@H]4C(N(C)C)C(=O)C(C(N)=O)=C(O)[C@]4(O)C(=O)C2=C3O)o1. The molecule has 39 heavy (non-hydrogen) atoms. The van der Waals surface area contributed by atoms with Crippen LogP contribution in [-0.4, -0.2) is 75.6 Å². The van der Waals surface area contributed by atoms with E-state index < -0.39 is 58.0 Å². The summed E-state index contributed by atoms with van der Waals surface area (Å²) in [5.41, 5.74) is 2.68. The lowest BCUT2D eigenvalue weighted by molar-refractivity contribution is -0.153. The molecule has 6 N–H and O–H groups in total. The molecule has 204 valence electrons. The van der Waals surface area contributed by atoms with Crippen molar-refractivity contribution < 1.29 is 44.0 Å². The van der Waals surface area contributed by atoms with Crippen LogP contribution in [0, 0.1) is 11.8 Å². The summed E-state index contributed by atoms with van der Waals surface area (Å²) in [6, 6.07) is 5.29. The number of phenols is 1. The number of aromatic hydroxyl groups is 1. The Kier molecular flexibility index (Phi) is 6.15. The van der Waals surface area contributed by atoms with E-state index in [4.69, 9.17) is 14.9 Å². The van der Waals surface area contributed by atoms with Gasteiger partial charge in [0.1, 0.15) is 34.4 Å². The number of ether oxygens (including phenoxy) is 1. The minimum Gasteiger partial charge on any atom is -0.508 e. The van der Waals surface area contributed by atoms with Gasteiger partial charge in [0.05, 0.1) is 25.0 Å². The zero-order chi connectivity index (χ0) is 28.4. The number of Topliss-reactive ketones (excluding diaryl/α,β-unsaturated/α-hetero) is 2. The Balaban J connectivity index is 1.69. The first-order valence-electron chi connectivity index (χ1n) is 12.2. The Hall–Kier alpha value is -4.35. The summed E-state index contributed by atoms with van der Waals surface area (Å²) in [6.45, 7) is 0. The first-order chi connectivity index (χ1) is 18.4. The second kappa shape index (κ2) is 9.14. The Morgan fingerprint density at radius 1 is 1.18 bits per heavy atom. The number of hydrogen-bond donors (Lipinski definition) is 5. The van der Waals surface area contributed by atoms with Crippen LogP contribution in [0.4, 0.5) is 0 Å². The van der Waals surface area contributed by atoms with Gasteiger partial charge in [-0.15, -0.1) is 0 Å². The lowest BCUT2D eigenvalue weighted by Crippen LogP contribution is -2.65. The molecule has 1 fully saturated rings. The van der Waals surface area contributed by atoms with Crippen LogP contribution < -0.4 is 5.73 Å². The zero-order valence-corrected chi connectivity index (χ0v) is 21.5. The standard InChI is InChI=1S/C28H28N2O9/c1-30(2)22-16-11-12-10-15-14(18-7-4-13(39-18)8-9-38-3)5-6-17(31)20(15)23(32)19(12)25(34)28(16,37)26(35)21(24(22)33)27(29)36/h4-9,12,16,22,31-32,35,37H,10-11H2,1-3H3,(H2,29,36)/b9-8+/t12-,16-,22?,28-/m1/s1. The molecule has 1 aromatic carbocycles. The van der Waals surface area contributed by atoms with Crippen molar-refractivity contribution in [2.75, 3.05) is 21.2 Å². The number of amides is 1. The maximum atomic E-state index is 13.9. The molecule has 1 aromatic heterocycles. The molecule has 4 atom stereocenters. The number of hydrogen-bond acceptors (Lipinski definition) is 10. The lowest BCUT2D eigenvalue weighted by Gasteiger charge is -2.50. The molecule has 5 rings (SSSR count). The molecule has 0 radical (unpaired) electrons. The Labute approximate surface area is 223 Å². The molecule has 0 aliphatic heterocycles. The quantitative estimate of drug-likeness (QED) is 0.279. The smallest absolute Gasteiger partial charge is 0.255 e. The van der Waals surface area contributed by atoms with Gasteiger partial charge in [-0.2, -0.15) is 0 Å². The van der Waals surface area contributed by atoms with Crippen LogP contribution in [0.5, 0.6) is 5.75 Å². The number of carbonyl (C=O) groups excluding carboxylic acids is 3. The third-order valence-corrected chi connectivity index (χ3v) is 7.86. The van der Waals surface area contributed by atoms with Crippen LogP contribution in [0.15, 0.2) is 51.9 Å². The topological polar surface area (TPSA) is 184 Å². The molecule has 3 aliphatic rings. The van der Waals surface area contributed by atoms with Gasteiger partial charge in [-0.3, -0.25) is 19.3 Å². The third kappa shape index (κ3) is 3.68. The molecule has 0 bridgehead atoms. The highest BCUT2D eigenvalue weighted by Gasteiger charge is 2.64. The number of nitrogens with two attached hydrogens (primary N) is 1. The Bertz CT molecular complexity index is 1510. The highest BCUT2D eigenvalue weighted by atomic mass is 16.5. The number of phenolic OH excluding ortho intramolecular Hbond substituents is 1. The number of rotatable bonds is 5. The zero-order valence-electron chi connectivity index (χ0n) is 21.5. The second-order valence-electron chi connectivity index (χ2n) is 10.2. The molecular weight excluding hydrogens is 508 g/mol. The van der Waals surface area contributed by atoms with Crippen molar-refractivity contribution in [3.63, 3.8) is 0 Å². The number of furan rings is 1. The number of ketones is 2. The number of primary amides is 1. The van der Waals surface area contributed by atoms with E-state index in [-0.39, 0.29) is 29.7 Å². The van der Waals surface area contributed by atoms with Crippen LogP contribution in [0.25, 0.3) is 23.2 Å². The predicted octanol–water partition coefficient (Wildman–Crippen LogP) is 1.84. The summed E-state index contributed by atoms with van der Waals surface area (Å²) in [4.78, 5) is 40.6. The van der Waals surface area contributed by atoms with E-state index in [0.717, 1.165) is 0 Å². The molecule has 1 saturated carbocycles. The number of nitrogens with zero attached hydrogens (tertiary/aromatic N) is 1. The van der Waals surface area contributed by atoms with Crippen molar-refractivity contribution in [3.05, 3.63) is 64.3 Å². The normalized spacial score (nSPS) is 26.6. The van der Waals surface area contributed by atoms with E-state index in [1.54, 1.807) is 38.4 Å². The highest BCUT2D eigenvalue weighted by Crippen LogP contribution is 2.53. The van der Waals surface area contributed by atoms with E-state index >= 15 is 0 Å². The summed E-state index contributed by atoms with van der Waals surface area (Å²) in [6.07, 6.45) is 3.22. The summed E-state index contributed by atoms with van der Waals surface area (Å²) >= 11 is 0. The molecule has 1 amide bonds. The average Bonchev–Trinajstić information content (AvgIpc) is 3.33. The maximum Gasteiger partial charge on any atom is 0.255 e. The lowest BCUT2D eigenvalue weighted by atomic mass is 9.57. The van der Waals surface area contributed by atoms with Gasteiger partial charge in [-0.05, 0) is 62.7 Å². The molecular formula is C28H28N2O9. The van der Waals surface area contributed by atoms with Crippen LogP contribution in [0.1, 0.15) is 23.3 Å². The fourth-order valence-electron chi connectivity index (χ4n) is 6.20. The summed E-state index contributed by atoms with van der Waals surface area (Å²) in [5, 5.41) is 44.7. The average molecular weight is 537 g/mol. The minimum atomic E-state index is -2.68. The van der Waals surface area contributed by atoms with Crippen LogP contribution in [-0.2, 0) is 25.5 Å².